The fourth-order valence-electron chi connectivity index (χ4n) is 0.880. The largest absolute Gasteiger partial charge is 0.466 e. The van der Waals surface area contributed by atoms with E-state index in [1.165, 1.54) is 0 Å². The topological polar surface area (TPSA) is 26.3 Å². The highest BCUT2D eigenvalue weighted by Gasteiger charge is 2.73. The van der Waals surface area contributed by atoms with Gasteiger partial charge in [0.2, 0.25) is 0 Å². The van der Waals surface area contributed by atoms with E-state index in [1.54, 1.807) is 0 Å². The summed E-state index contributed by atoms with van der Waals surface area (Å²) in [6.45, 7) is 0. The number of alkyl halides is 7. The Bertz CT molecular complexity index is 378. The average molecular weight is 304 g/mol. The van der Waals surface area contributed by atoms with Gasteiger partial charge in [0, 0.05) is 0 Å². The van der Waals surface area contributed by atoms with Crippen LogP contribution >= 0.6 is 0 Å². The van der Waals surface area contributed by atoms with Gasteiger partial charge in [-0.3, -0.25) is 0 Å². The molecule has 0 atom stereocenters. The lowest BCUT2D eigenvalue weighted by Crippen LogP contribution is -2.52. The first-order valence-corrected chi connectivity index (χ1v) is 4.22. The Balaban J connectivity index is 5.48. The zero-order chi connectivity index (χ0) is 15.6. The summed E-state index contributed by atoms with van der Waals surface area (Å²) in [5.74, 6) is -14.6. The molecular weight excluding hydrogens is 299 g/mol. The van der Waals surface area contributed by atoms with E-state index >= 15 is 0 Å². The van der Waals surface area contributed by atoms with Gasteiger partial charge < -0.3 is 4.74 Å². The Labute approximate surface area is 99.4 Å². The van der Waals surface area contributed by atoms with Crippen LogP contribution in [0.1, 0.15) is 6.42 Å². The number of rotatable bonds is 4. The minimum atomic E-state index is -6.66. The highest BCUT2D eigenvalue weighted by Crippen LogP contribution is 2.49. The number of ether oxygens (including phenoxy) is 1. The first-order chi connectivity index (χ1) is 8.28. The molecule has 0 aromatic carbocycles. The summed E-state index contributed by atoms with van der Waals surface area (Å²) in [7, 11) is 0.464. The average Bonchev–Trinajstić information content (AvgIpc) is 2.22. The van der Waals surface area contributed by atoms with Crippen LogP contribution in [0.5, 0.6) is 0 Å². The molecule has 19 heavy (non-hydrogen) atoms. The maximum Gasteiger partial charge on any atom is 0.459 e. The summed E-state index contributed by atoms with van der Waals surface area (Å²) in [6.07, 6.45) is -12.6. The van der Waals surface area contributed by atoms with Crippen molar-refractivity contribution >= 4 is 5.97 Å². The van der Waals surface area contributed by atoms with E-state index in [0.717, 1.165) is 0 Å². The van der Waals surface area contributed by atoms with E-state index in [9.17, 15) is 44.3 Å². The first kappa shape index (κ1) is 17.6. The van der Waals surface area contributed by atoms with E-state index in [1.807, 2.05) is 0 Å². The number of carbonyl (C=O) groups is 1. The SMILES string of the molecule is COC(=O)C(CC(F)(F)C(F)(F)C(F)(F)F)=C(F)F. The van der Waals surface area contributed by atoms with Gasteiger partial charge in [-0.1, -0.05) is 0 Å². The fraction of sp³-hybridized carbons (Fsp3) is 0.625. The Morgan fingerprint density at radius 1 is 1.00 bits per heavy atom. The van der Waals surface area contributed by atoms with Gasteiger partial charge in [-0.25, -0.2) is 4.79 Å². The Kier molecular flexibility index (Phi) is 4.90. The van der Waals surface area contributed by atoms with E-state index in [2.05, 4.69) is 4.74 Å². The van der Waals surface area contributed by atoms with E-state index in [-0.39, 0.29) is 0 Å². The molecule has 2 nitrogen and oxygen atoms in total. The van der Waals surface area contributed by atoms with Crippen molar-refractivity contribution < 1.29 is 49.0 Å². The Morgan fingerprint density at radius 2 is 1.42 bits per heavy atom. The maximum atomic E-state index is 12.8. The number of hydrogen-bond donors (Lipinski definition) is 0. The van der Waals surface area contributed by atoms with Gasteiger partial charge in [0.15, 0.2) is 0 Å². The van der Waals surface area contributed by atoms with E-state index in [0.29, 0.717) is 7.11 Å². The lowest BCUT2D eigenvalue weighted by atomic mass is 10.0. The second kappa shape index (κ2) is 5.29. The molecule has 0 heterocycles. The number of halogens is 9. The molecule has 0 saturated carbocycles. The van der Waals surface area contributed by atoms with Crippen molar-refractivity contribution in [2.75, 3.05) is 7.11 Å². The summed E-state index contributed by atoms with van der Waals surface area (Å²) in [5.41, 5.74) is -2.25. The van der Waals surface area contributed by atoms with Crippen molar-refractivity contribution in [1.82, 2.24) is 0 Å². The molecule has 0 aliphatic heterocycles. The third-order valence-corrected chi connectivity index (χ3v) is 1.87. The van der Waals surface area contributed by atoms with Crippen LogP contribution in [0.3, 0.4) is 0 Å². The highest BCUT2D eigenvalue weighted by atomic mass is 19.4. The van der Waals surface area contributed by atoms with Crippen LogP contribution in [-0.2, 0) is 9.53 Å². The van der Waals surface area contributed by atoms with Crippen LogP contribution in [0.4, 0.5) is 39.5 Å². The molecule has 0 aliphatic rings. The van der Waals surface area contributed by atoms with Crippen LogP contribution in [-0.4, -0.2) is 31.1 Å². The second-order valence-electron chi connectivity index (χ2n) is 3.18. The summed E-state index contributed by atoms with van der Waals surface area (Å²) < 4.78 is 113. The monoisotopic (exact) mass is 304 g/mol. The van der Waals surface area contributed by atoms with Gasteiger partial charge in [-0.15, -0.1) is 0 Å². The van der Waals surface area contributed by atoms with Crippen LogP contribution in [0.25, 0.3) is 0 Å². The number of methoxy groups -OCH3 is 1. The number of carbonyl (C=O) groups excluding carboxylic acids is 1. The van der Waals surface area contributed by atoms with Gasteiger partial charge in [0.05, 0.1) is 13.5 Å². The van der Waals surface area contributed by atoms with Gasteiger partial charge in [0.25, 0.3) is 6.08 Å². The summed E-state index contributed by atoms with van der Waals surface area (Å²) in [5, 5.41) is 0. The predicted octanol–water partition coefficient (Wildman–Crippen LogP) is 3.53. The maximum absolute atomic E-state index is 12.8. The van der Waals surface area contributed by atoms with Crippen LogP contribution in [0.2, 0.25) is 0 Å². The standard InChI is InChI=1S/C8H5F9O2/c1-19-5(18)3(4(9)10)2-6(11,12)7(13,14)8(15,16)17/h2H2,1H3. The molecule has 0 unspecified atom stereocenters. The molecular formula is C8H5F9O2. The summed E-state index contributed by atoms with van der Waals surface area (Å²) in [4.78, 5) is 10.6. The van der Waals surface area contributed by atoms with E-state index < -0.39 is 42.1 Å². The third kappa shape index (κ3) is 3.53. The summed E-state index contributed by atoms with van der Waals surface area (Å²) in [6, 6.07) is 0. The molecule has 0 radical (unpaired) electrons. The lowest BCUT2D eigenvalue weighted by Gasteiger charge is -2.28. The van der Waals surface area contributed by atoms with Gasteiger partial charge in [-0.2, -0.15) is 39.5 Å². The van der Waals surface area contributed by atoms with Gasteiger partial charge in [0.1, 0.15) is 5.57 Å². The molecule has 0 amide bonds. The quantitative estimate of drug-likeness (QED) is 0.451. The molecule has 0 aromatic rings. The summed E-state index contributed by atoms with van der Waals surface area (Å²) >= 11 is 0. The molecule has 0 bridgehead atoms. The molecule has 0 aliphatic carbocycles. The zero-order valence-corrected chi connectivity index (χ0v) is 8.93. The second-order valence-corrected chi connectivity index (χ2v) is 3.18. The molecule has 0 N–H and O–H groups in total. The molecule has 0 fully saturated rings. The minimum absolute atomic E-state index is 0.464. The minimum Gasteiger partial charge on any atom is -0.466 e. The molecule has 112 valence electrons. The molecule has 11 heteroatoms. The molecule has 0 aromatic heterocycles. The zero-order valence-electron chi connectivity index (χ0n) is 8.93. The smallest absolute Gasteiger partial charge is 0.459 e. The van der Waals surface area contributed by atoms with Crippen LogP contribution in [0.15, 0.2) is 11.7 Å². The predicted molar refractivity (Wildman–Crippen MR) is 41.8 cm³/mol. The van der Waals surface area contributed by atoms with Crippen molar-refractivity contribution in [3.05, 3.63) is 11.7 Å². The number of esters is 1. The van der Waals surface area contributed by atoms with Crippen molar-refractivity contribution in [2.45, 2.75) is 24.4 Å². The van der Waals surface area contributed by atoms with Gasteiger partial charge >= 0.3 is 24.0 Å². The third-order valence-electron chi connectivity index (χ3n) is 1.87. The normalized spacial score (nSPS) is 13.2. The Hall–Kier alpha value is -1.42. The van der Waals surface area contributed by atoms with Crippen LogP contribution in [0, 0.1) is 0 Å². The molecule has 0 rings (SSSR count). The van der Waals surface area contributed by atoms with Crippen molar-refractivity contribution in [3.8, 4) is 0 Å². The van der Waals surface area contributed by atoms with E-state index in [4.69, 9.17) is 0 Å². The lowest BCUT2D eigenvalue weighted by molar-refractivity contribution is -0.354. The highest BCUT2D eigenvalue weighted by molar-refractivity contribution is 5.88. The van der Waals surface area contributed by atoms with Crippen molar-refractivity contribution in [1.29, 1.82) is 0 Å². The van der Waals surface area contributed by atoms with Crippen LogP contribution < -0.4 is 0 Å². The van der Waals surface area contributed by atoms with Crippen molar-refractivity contribution in [2.24, 2.45) is 0 Å². The van der Waals surface area contributed by atoms with Crippen molar-refractivity contribution in [3.63, 3.8) is 0 Å². The number of hydrogen-bond acceptors (Lipinski definition) is 2. The Morgan fingerprint density at radius 3 is 1.68 bits per heavy atom. The molecule has 0 spiro atoms. The fourth-order valence-corrected chi connectivity index (χ4v) is 0.880. The first-order valence-electron chi connectivity index (χ1n) is 4.22. The van der Waals surface area contributed by atoms with Gasteiger partial charge in [-0.05, 0) is 0 Å². The molecule has 0 saturated heterocycles.